The van der Waals surface area contributed by atoms with Gasteiger partial charge in [0.15, 0.2) is 8.32 Å². The number of amides is 1. The van der Waals surface area contributed by atoms with Crippen LogP contribution < -0.4 is 0 Å². The molecule has 6 nitrogen and oxygen atoms in total. The maximum Gasteiger partial charge on any atom is 0.410 e. The first-order valence-electron chi connectivity index (χ1n) is 8.10. The van der Waals surface area contributed by atoms with Crippen LogP contribution in [0.1, 0.15) is 32.2 Å². The van der Waals surface area contributed by atoms with Gasteiger partial charge in [-0.1, -0.05) is 0 Å². The van der Waals surface area contributed by atoms with Crippen LogP contribution in [0, 0.1) is 6.92 Å². The molecule has 0 aliphatic carbocycles. The van der Waals surface area contributed by atoms with Crippen molar-refractivity contribution in [1.29, 1.82) is 0 Å². The molecular formula is C16H30BrN3O3Si. The van der Waals surface area contributed by atoms with E-state index in [9.17, 15) is 4.79 Å². The molecule has 0 aliphatic rings. The van der Waals surface area contributed by atoms with Gasteiger partial charge < -0.3 is 14.1 Å². The Kier molecular flexibility index (Phi) is 7.07. The highest BCUT2D eigenvalue weighted by atomic mass is 79.9. The summed E-state index contributed by atoms with van der Waals surface area (Å²) in [7, 11) is 0.179. The third kappa shape index (κ3) is 6.94. The number of hydrogen-bond donors (Lipinski definition) is 0. The number of rotatable bonds is 6. The van der Waals surface area contributed by atoms with Gasteiger partial charge >= 0.3 is 6.09 Å². The van der Waals surface area contributed by atoms with E-state index in [1.54, 1.807) is 11.9 Å². The Morgan fingerprint density at radius 3 is 2.42 bits per heavy atom. The normalized spacial score (nSPS) is 12.4. The number of carbonyl (C=O) groups is 1. The molecule has 1 rings (SSSR count). The standard InChI is InChI=1S/C16H30BrN3O3Si/c1-12-14(17)13(11-19(5)15(21)23-16(2,3)4)20(18-12)9-10-22-24(6,7)8/h9-11H2,1-8H3. The smallest absolute Gasteiger partial charge is 0.410 e. The van der Waals surface area contributed by atoms with Gasteiger partial charge in [0.2, 0.25) is 0 Å². The molecule has 0 fully saturated rings. The lowest BCUT2D eigenvalue weighted by Crippen LogP contribution is -2.34. The fraction of sp³-hybridized carbons (Fsp3) is 0.750. The summed E-state index contributed by atoms with van der Waals surface area (Å²) < 4.78 is 14.1. The molecule has 0 aromatic carbocycles. The topological polar surface area (TPSA) is 56.6 Å². The fourth-order valence-corrected chi connectivity index (χ4v) is 3.12. The first-order chi connectivity index (χ1) is 10.8. The largest absolute Gasteiger partial charge is 0.444 e. The van der Waals surface area contributed by atoms with E-state index in [0.29, 0.717) is 19.7 Å². The van der Waals surface area contributed by atoms with Crippen molar-refractivity contribution in [1.82, 2.24) is 14.7 Å². The number of aromatic nitrogens is 2. The van der Waals surface area contributed by atoms with Crippen LogP contribution in [0.4, 0.5) is 4.79 Å². The Balaban J connectivity index is 2.81. The Labute approximate surface area is 154 Å². The van der Waals surface area contributed by atoms with Crippen molar-refractivity contribution in [3.8, 4) is 0 Å². The number of aryl methyl sites for hydroxylation is 1. The molecule has 1 aromatic heterocycles. The van der Waals surface area contributed by atoms with Crippen molar-refractivity contribution in [3.63, 3.8) is 0 Å². The number of carbonyl (C=O) groups excluding carboxylic acids is 1. The molecule has 0 bridgehead atoms. The molecule has 0 N–H and O–H groups in total. The Hall–Kier alpha value is -0.863. The SMILES string of the molecule is Cc1nn(CCO[Si](C)(C)C)c(CN(C)C(=O)OC(C)(C)C)c1Br. The van der Waals surface area contributed by atoms with Gasteiger partial charge in [-0.05, 0) is 63.3 Å². The zero-order chi connectivity index (χ0) is 18.7. The fourth-order valence-electron chi connectivity index (χ4n) is 2.01. The van der Waals surface area contributed by atoms with Crippen LogP contribution in [0.5, 0.6) is 0 Å². The molecule has 0 atom stereocenters. The van der Waals surface area contributed by atoms with Crippen LogP contribution in [0.3, 0.4) is 0 Å². The monoisotopic (exact) mass is 419 g/mol. The number of halogens is 1. The molecule has 0 spiro atoms. The molecule has 24 heavy (non-hydrogen) atoms. The first-order valence-corrected chi connectivity index (χ1v) is 12.3. The van der Waals surface area contributed by atoms with Crippen molar-refractivity contribution < 1.29 is 14.0 Å². The van der Waals surface area contributed by atoms with Crippen molar-refractivity contribution in [2.45, 2.75) is 66.0 Å². The van der Waals surface area contributed by atoms with Crippen LogP contribution in [0.25, 0.3) is 0 Å². The highest BCUT2D eigenvalue weighted by Crippen LogP contribution is 2.23. The van der Waals surface area contributed by atoms with E-state index in [0.717, 1.165) is 15.9 Å². The summed E-state index contributed by atoms with van der Waals surface area (Å²) in [6, 6.07) is 0. The molecule has 1 heterocycles. The van der Waals surface area contributed by atoms with Crippen molar-refractivity contribution >= 4 is 30.3 Å². The van der Waals surface area contributed by atoms with Crippen molar-refractivity contribution in [2.75, 3.05) is 13.7 Å². The zero-order valence-electron chi connectivity index (χ0n) is 16.1. The lowest BCUT2D eigenvalue weighted by atomic mass is 10.2. The lowest BCUT2D eigenvalue weighted by molar-refractivity contribution is 0.0280. The summed E-state index contributed by atoms with van der Waals surface area (Å²) in [5, 5.41) is 4.54. The third-order valence-electron chi connectivity index (χ3n) is 3.08. The van der Waals surface area contributed by atoms with E-state index in [1.807, 2.05) is 32.4 Å². The molecule has 1 amide bonds. The summed E-state index contributed by atoms with van der Waals surface area (Å²) >= 11 is 3.58. The summed E-state index contributed by atoms with van der Waals surface area (Å²) in [6.07, 6.45) is -0.349. The minimum Gasteiger partial charge on any atom is -0.444 e. The Morgan fingerprint density at radius 1 is 1.33 bits per heavy atom. The number of nitrogens with zero attached hydrogens (tertiary/aromatic N) is 3. The predicted octanol–water partition coefficient (Wildman–Crippen LogP) is 4.17. The van der Waals surface area contributed by atoms with Crippen LogP contribution in [0.15, 0.2) is 4.47 Å². The molecule has 8 heteroatoms. The zero-order valence-corrected chi connectivity index (χ0v) is 18.7. The molecule has 0 saturated heterocycles. The maximum absolute atomic E-state index is 12.2. The van der Waals surface area contributed by atoms with Gasteiger partial charge in [-0.2, -0.15) is 5.10 Å². The third-order valence-corrected chi connectivity index (χ3v) is 5.19. The van der Waals surface area contributed by atoms with Gasteiger partial charge in [0.25, 0.3) is 0 Å². The summed E-state index contributed by atoms with van der Waals surface area (Å²) in [5.41, 5.74) is 1.33. The van der Waals surface area contributed by atoms with E-state index in [2.05, 4.69) is 40.7 Å². The van der Waals surface area contributed by atoms with E-state index in [1.165, 1.54) is 0 Å². The Morgan fingerprint density at radius 2 is 1.92 bits per heavy atom. The predicted molar refractivity (Wildman–Crippen MR) is 102 cm³/mol. The molecule has 0 radical (unpaired) electrons. The van der Waals surface area contributed by atoms with E-state index < -0.39 is 13.9 Å². The van der Waals surface area contributed by atoms with Crippen LogP contribution in [-0.2, 0) is 22.3 Å². The number of hydrogen-bond acceptors (Lipinski definition) is 4. The molecule has 0 saturated carbocycles. The van der Waals surface area contributed by atoms with Crippen LogP contribution >= 0.6 is 15.9 Å². The van der Waals surface area contributed by atoms with Crippen molar-refractivity contribution in [3.05, 3.63) is 15.9 Å². The summed E-state index contributed by atoms with van der Waals surface area (Å²) in [5.74, 6) is 0. The van der Waals surface area contributed by atoms with Gasteiger partial charge in [-0.3, -0.25) is 4.68 Å². The average molecular weight is 420 g/mol. The van der Waals surface area contributed by atoms with Gasteiger partial charge in [-0.15, -0.1) is 0 Å². The number of ether oxygens (including phenoxy) is 1. The second-order valence-corrected chi connectivity index (χ2v) is 13.2. The molecule has 0 aliphatic heterocycles. The van der Waals surface area contributed by atoms with Gasteiger partial charge in [0.1, 0.15) is 5.60 Å². The highest BCUT2D eigenvalue weighted by molar-refractivity contribution is 9.10. The van der Waals surface area contributed by atoms with E-state index in [4.69, 9.17) is 9.16 Å². The highest BCUT2D eigenvalue weighted by Gasteiger charge is 2.23. The van der Waals surface area contributed by atoms with Crippen LogP contribution in [0.2, 0.25) is 19.6 Å². The quantitative estimate of drug-likeness (QED) is 0.648. The van der Waals surface area contributed by atoms with E-state index >= 15 is 0 Å². The van der Waals surface area contributed by atoms with Gasteiger partial charge in [-0.25, -0.2) is 4.79 Å². The van der Waals surface area contributed by atoms with E-state index in [-0.39, 0.29) is 6.09 Å². The van der Waals surface area contributed by atoms with Gasteiger partial charge in [0.05, 0.1) is 35.6 Å². The van der Waals surface area contributed by atoms with Crippen molar-refractivity contribution in [2.24, 2.45) is 0 Å². The summed E-state index contributed by atoms with van der Waals surface area (Å²) in [6.45, 7) is 15.7. The molecular weight excluding hydrogens is 390 g/mol. The summed E-state index contributed by atoms with van der Waals surface area (Å²) in [4.78, 5) is 13.7. The second-order valence-electron chi connectivity index (χ2n) is 7.87. The maximum atomic E-state index is 12.2. The molecule has 1 aromatic rings. The minimum absolute atomic E-state index is 0.349. The molecule has 138 valence electrons. The lowest BCUT2D eigenvalue weighted by Gasteiger charge is -2.25. The van der Waals surface area contributed by atoms with Gasteiger partial charge in [0, 0.05) is 7.05 Å². The first kappa shape index (κ1) is 21.2. The second kappa shape index (κ2) is 8.01. The average Bonchev–Trinajstić information content (AvgIpc) is 2.63. The Bertz CT molecular complexity index is 576. The molecule has 0 unspecified atom stereocenters. The van der Waals surface area contributed by atoms with Crippen LogP contribution in [-0.4, -0.2) is 48.3 Å². The minimum atomic E-state index is -1.55.